The van der Waals surface area contributed by atoms with E-state index in [1.165, 1.54) is 0 Å². The van der Waals surface area contributed by atoms with Crippen LogP contribution in [0.15, 0.2) is 30.6 Å². The SMILES string of the molecule is CCn1cnnc1-c1ccccc1NC(=O)NCC(O)C(C)(C)C. The maximum absolute atomic E-state index is 12.1. The molecule has 2 aromatic rings. The second-order valence-electron chi connectivity index (χ2n) is 6.70. The number of nitrogens with zero attached hydrogens (tertiary/aromatic N) is 3. The number of benzene rings is 1. The number of urea groups is 1. The van der Waals surface area contributed by atoms with Crippen molar-refractivity contribution >= 4 is 11.7 Å². The van der Waals surface area contributed by atoms with Crippen LogP contribution in [0.2, 0.25) is 0 Å². The van der Waals surface area contributed by atoms with Crippen LogP contribution in [-0.4, -0.2) is 38.6 Å². The number of rotatable bonds is 5. The number of carbonyl (C=O) groups excluding carboxylic acids is 1. The third-order valence-corrected chi connectivity index (χ3v) is 3.83. The van der Waals surface area contributed by atoms with E-state index in [1.807, 2.05) is 56.5 Å². The molecule has 1 heterocycles. The summed E-state index contributed by atoms with van der Waals surface area (Å²) in [5.41, 5.74) is 1.15. The van der Waals surface area contributed by atoms with Gasteiger partial charge in [-0.1, -0.05) is 32.9 Å². The van der Waals surface area contributed by atoms with Gasteiger partial charge in [0.2, 0.25) is 0 Å². The molecule has 3 N–H and O–H groups in total. The Morgan fingerprint density at radius 1 is 1.33 bits per heavy atom. The molecule has 0 bridgehead atoms. The van der Waals surface area contributed by atoms with Crippen LogP contribution in [0.3, 0.4) is 0 Å². The van der Waals surface area contributed by atoms with Crippen molar-refractivity contribution in [1.29, 1.82) is 0 Å². The summed E-state index contributed by atoms with van der Waals surface area (Å²) in [4.78, 5) is 12.1. The minimum atomic E-state index is -0.623. The van der Waals surface area contributed by atoms with Crippen LogP contribution >= 0.6 is 0 Å². The Hall–Kier alpha value is -2.41. The number of aliphatic hydroxyl groups is 1. The summed E-state index contributed by atoms with van der Waals surface area (Å²) in [6, 6.07) is 7.06. The molecule has 0 aliphatic rings. The standard InChI is InChI=1S/C17H25N5O2/c1-5-22-11-19-21-15(22)12-8-6-7-9-13(12)20-16(24)18-10-14(23)17(2,3)4/h6-9,11,14,23H,5,10H2,1-4H3,(H2,18,20,24). The average molecular weight is 331 g/mol. The second-order valence-corrected chi connectivity index (χ2v) is 6.70. The minimum Gasteiger partial charge on any atom is -0.391 e. The summed E-state index contributed by atoms with van der Waals surface area (Å²) >= 11 is 0. The van der Waals surface area contributed by atoms with Gasteiger partial charge in [0.05, 0.1) is 11.8 Å². The van der Waals surface area contributed by atoms with E-state index in [-0.39, 0.29) is 18.0 Å². The first-order chi connectivity index (χ1) is 11.3. The zero-order chi connectivity index (χ0) is 17.7. The molecule has 1 atom stereocenters. The number of hydrogen-bond donors (Lipinski definition) is 3. The second kappa shape index (κ2) is 7.44. The Morgan fingerprint density at radius 3 is 2.71 bits per heavy atom. The van der Waals surface area contributed by atoms with Crippen molar-refractivity contribution in [2.24, 2.45) is 5.41 Å². The van der Waals surface area contributed by atoms with Gasteiger partial charge in [0.1, 0.15) is 6.33 Å². The number of nitrogens with one attached hydrogen (secondary N) is 2. The third kappa shape index (κ3) is 4.32. The minimum absolute atomic E-state index is 0.183. The van der Waals surface area contributed by atoms with Gasteiger partial charge in [-0.15, -0.1) is 10.2 Å². The number of aryl methyl sites for hydroxylation is 1. The van der Waals surface area contributed by atoms with Gasteiger partial charge in [-0.25, -0.2) is 4.79 Å². The molecule has 0 fully saturated rings. The molecule has 2 amide bonds. The number of para-hydroxylation sites is 1. The zero-order valence-corrected chi connectivity index (χ0v) is 14.6. The lowest BCUT2D eigenvalue weighted by Crippen LogP contribution is -2.40. The molecule has 7 heteroatoms. The normalized spacial score (nSPS) is 12.7. The summed E-state index contributed by atoms with van der Waals surface area (Å²) in [5, 5.41) is 23.6. The molecule has 0 aliphatic carbocycles. The molecule has 0 radical (unpaired) electrons. The molecule has 0 spiro atoms. The van der Waals surface area contributed by atoms with E-state index in [9.17, 15) is 9.90 Å². The molecule has 0 saturated heterocycles. The monoisotopic (exact) mass is 331 g/mol. The number of aliphatic hydroxyl groups excluding tert-OH is 1. The summed E-state index contributed by atoms with van der Waals surface area (Å²) in [6.45, 7) is 8.69. The Kier molecular flexibility index (Phi) is 5.56. The highest BCUT2D eigenvalue weighted by molar-refractivity contribution is 5.93. The molecule has 130 valence electrons. The lowest BCUT2D eigenvalue weighted by molar-refractivity contribution is 0.0654. The molecule has 24 heavy (non-hydrogen) atoms. The van der Waals surface area contributed by atoms with Gasteiger partial charge in [0.15, 0.2) is 5.82 Å². The molecular weight excluding hydrogens is 306 g/mol. The Labute approximate surface area is 142 Å². The predicted octanol–water partition coefficient (Wildman–Crippen LogP) is 2.49. The van der Waals surface area contributed by atoms with Crippen molar-refractivity contribution in [3.8, 4) is 11.4 Å². The Morgan fingerprint density at radius 2 is 2.04 bits per heavy atom. The third-order valence-electron chi connectivity index (χ3n) is 3.83. The van der Waals surface area contributed by atoms with Gasteiger partial charge in [-0.05, 0) is 24.5 Å². The zero-order valence-electron chi connectivity index (χ0n) is 14.6. The number of hydrogen-bond acceptors (Lipinski definition) is 4. The summed E-state index contributed by atoms with van der Waals surface area (Å²) in [6.07, 6.45) is 1.04. The van der Waals surface area contributed by atoms with E-state index in [1.54, 1.807) is 6.33 Å². The number of carbonyl (C=O) groups is 1. The fourth-order valence-corrected chi connectivity index (χ4v) is 2.14. The van der Waals surface area contributed by atoms with Crippen molar-refractivity contribution in [3.05, 3.63) is 30.6 Å². The molecule has 0 saturated carbocycles. The highest BCUT2D eigenvalue weighted by Gasteiger charge is 2.22. The van der Waals surface area contributed by atoms with E-state index in [4.69, 9.17) is 0 Å². The fraction of sp³-hybridized carbons (Fsp3) is 0.471. The van der Waals surface area contributed by atoms with E-state index < -0.39 is 6.10 Å². The molecule has 1 unspecified atom stereocenters. The van der Waals surface area contributed by atoms with Crippen molar-refractivity contribution in [3.63, 3.8) is 0 Å². The first kappa shape index (κ1) is 17.9. The first-order valence-corrected chi connectivity index (χ1v) is 8.03. The predicted molar refractivity (Wildman–Crippen MR) is 93.6 cm³/mol. The number of amides is 2. The number of aromatic nitrogens is 3. The molecule has 1 aromatic carbocycles. The largest absolute Gasteiger partial charge is 0.391 e. The van der Waals surface area contributed by atoms with Crippen molar-refractivity contribution in [2.45, 2.75) is 40.3 Å². The Bertz CT molecular complexity index is 690. The number of anilines is 1. The summed E-state index contributed by atoms with van der Waals surface area (Å²) in [5.74, 6) is 0.697. The van der Waals surface area contributed by atoms with Crippen LogP contribution in [0.4, 0.5) is 10.5 Å². The maximum Gasteiger partial charge on any atom is 0.319 e. The van der Waals surface area contributed by atoms with Crippen LogP contribution in [0.1, 0.15) is 27.7 Å². The van der Waals surface area contributed by atoms with Gasteiger partial charge in [-0.3, -0.25) is 0 Å². The fourth-order valence-electron chi connectivity index (χ4n) is 2.14. The summed E-state index contributed by atoms with van der Waals surface area (Å²) < 4.78 is 1.90. The highest BCUT2D eigenvalue weighted by Crippen LogP contribution is 2.26. The molecule has 7 nitrogen and oxygen atoms in total. The van der Waals surface area contributed by atoms with Crippen LogP contribution in [0, 0.1) is 5.41 Å². The van der Waals surface area contributed by atoms with Crippen molar-refractivity contribution in [2.75, 3.05) is 11.9 Å². The van der Waals surface area contributed by atoms with E-state index in [2.05, 4.69) is 20.8 Å². The lowest BCUT2D eigenvalue weighted by Gasteiger charge is -2.26. The molecule has 2 rings (SSSR count). The highest BCUT2D eigenvalue weighted by atomic mass is 16.3. The van der Waals surface area contributed by atoms with E-state index >= 15 is 0 Å². The van der Waals surface area contributed by atoms with Gasteiger partial charge >= 0.3 is 6.03 Å². The smallest absolute Gasteiger partial charge is 0.319 e. The van der Waals surface area contributed by atoms with Crippen LogP contribution in [0.25, 0.3) is 11.4 Å². The van der Waals surface area contributed by atoms with Gasteiger partial charge in [0, 0.05) is 18.7 Å². The van der Waals surface area contributed by atoms with E-state index in [0.29, 0.717) is 11.5 Å². The lowest BCUT2D eigenvalue weighted by atomic mass is 9.89. The van der Waals surface area contributed by atoms with Gasteiger partial charge in [0.25, 0.3) is 0 Å². The topological polar surface area (TPSA) is 92.1 Å². The van der Waals surface area contributed by atoms with Gasteiger partial charge in [-0.2, -0.15) is 0 Å². The molecule has 0 aliphatic heterocycles. The van der Waals surface area contributed by atoms with Crippen molar-refractivity contribution in [1.82, 2.24) is 20.1 Å². The van der Waals surface area contributed by atoms with Crippen LogP contribution < -0.4 is 10.6 Å². The molecule has 1 aromatic heterocycles. The van der Waals surface area contributed by atoms with E-state index in [0.717, 1.165) is 12.1 Å². The molecular formula is C17H25N5O2. The van der Waals surface area contributed by atoms with Crippen LogP contribution in [0.5, 0.6) is 0 Å². The quantitative estimate of drug-likeness (QED) is 0.785. The Balaban J connectivity index is 2.09. The van der Waals surface area contributed by atoms with Crippen LogP contribution in [-0.2, 0) is 6.54 Å². The van der Waals surface area contributed by atoms with Crippen molar-refractivity contribution < 1.29 is 9.90 Å². The summed E-state index contributed by atoms with van der Waals surface area (Å²) in [7, 11) is 0. The maximum atomic E-state index is 12.1. The van der Waals surface area contributed by atoms with Gasteiger partial charge < -0.3 is 20.3 Å². The average Bonchev–Trinajstić information content (AvgIpc) is 3.00. The first-order valence-electron chi connectivity index (χ1n) is 8.03.